The van der Waals surface area contributed by atoms with Crippen molar-refractivity contribution in [2.45, 2.75) is 38.8 Å². The number of terminal acetylenes is 1. The Morgan fingerprint density at radius 2 is 1.95 bits per heavy atom. The second-order valence-electron chi connectivity index (χ2n) is 13.0. The minimum Gasteiger partial charge on any atom is -0.508 e. The summed E-state index contributed by atoms with van der Waals surface area (Å²) in [5, 5.41) is 21.3. The second-order valence-corrected chi connectivity index (χ2v) is 13.0. The molecule has 3 heterocycles. The van der Waals surface area contributed by atoms with E-state index in [9.17, 15) is 15.2 Å². The van der Waals surface area contributed by atoms with Crippen molar-refractivity contribution >= 4 is 22.5 Å². The van der Waals surface area contributed by atoms with E-state index in [1.54, 1.807) is 11.0 Å². The lowest BCUT2D eigenvalue weighted by atomic mass is 9.98. The number of amides is 1. The minimum absolute atomic E-state index is 0.0171. The Morgan fingerprint density at radius 1 is 1.19 bits per heavy atom. The number of phenols is 1. The van der Waals surface area contributed by atoms with Crippen molar-refractivity contribution in [3.05, 3.63) is 52.7 Å². The molecule has 220 valence electrons. The van der Waals surface area contributed by atoms with Gasteiger partial charge in [0.2, 0.25) is 0 Å². The number of hydrogen-bond donors (Lipinski definition) is 1. The van der Waals surface area contributed by atoms with E-state index < -0.39 is 0 Å². The van der Waals surface area contributed by atoms with E-state index in [1.807, 2.05) is 18.2 Å². The molecule has 0 spiro atoms. The van der Waals surface area contributed by atoms with Crippen LogP contribution in [0.2, 0.25) is 0 Å². The average molecular weight is 577 g/mol. The average Bonchev–Trinajstić information content (AvgIpc) is 3.87. The first-order valence-electron chi connectivity index (χ1n) is 15.1. The van der Waals surface area contributed by atoms with Crippen LogP contribution in [0.15, 0.2) is 30.3 Å². The van der Waals surface area contributed by atoms with Gasteiger partial charge >= 0.3 is 6.01 Å². The van der Waals surface area contributed by atoms with E-state index in [-0.39, 0.29) is 23.0 Å². The van der Waals surface area contributed by atoms with Gasteiger partial charge in [-0.05, 0) is 75.2 Å². The van der Waals surface area contributed by atoms with Gasteiger partial charge in [-0.15, -0.1) is 6.42 Å². The molecule has 9 nitrogen and oxygen atoms in total. The van der Waals surface area contributed by atoms with Crippen LogP contribution in [0.5, 0.6) is 11.8 Å². The van der Waals surface area contributed by atoms with Crippen molar-refractivity contribution in [2.24, 2.45) is 23.2 Å². The Balaban J connectivity index is 1.20. The highest BCUT2D eigenvalue weighted by atomic mass is 16.5. The van der Waals surface area contributed by atoms with Gasteiger partial charge in [-0.2, -0.15) is 15.2 Å². The third-order valence-corrected chi connectivity index (χ3v) is 9.74. The van der Waals surface area contributed by atoms with Gasteiger partial charge in [0.15, 0.2) is 0 Å². The molecular formula is C34H36N6O3. The predicted octanol–water partition coefficient (Wildman–Crippen LogP) is 4.18. The number of carbonyl (C=O) groups excluding carboxylic acids is 1. The van der Waals surface area contributed by atoms with Gasteiger partial charge < -0.3 is 24.5 Å². The number of aromatic hydroxyl groups is 1. The maximum absolute atomic E-state index is 14.1. The van der Waals surface area contributed by atoms with Gasteiger partial charge in [-0.3, -0.25) is 4.79 Å². The lowest BCUT2D eigenvalue weighted by Crippen LogP contribution is -2.29. The van der Waals surface area contributed by atoms with Crippen molar-refractivity contribution < 1.29 is 14.6 Å². The molecule has 2 saturated carbocycles. The molecular weight excluding hydrogens is 540 g/mol. The van der Waals surface area contributed by atoms with Crippen LogP contribution in [0.25, 0.3) is 10.8 Å². The molecule has 1 unspecified atom stereocenters. The monoisotopic (exact) mass is 576 g/mol. The van der Waals surface area contributed by atoms with Gasteiger partial charge in [0, 0.05) is 41.6 Å². The largest absolute Gasteiger partial charge is 0.508 e. The molecule has 2 aromatic carbocycles. The highest BCUT2D eigenvalue weighted by Gasteiger charge is 2.51. The fourth-order valence-corrected chi connectivity index (χ4v) is 7.33. The number of ether oxygens (including phenoxy) is 1. The molecule has 3 fully saturated rings. The summed E-state index contributed by atoms with van der Waals surface area (Å²) in [6.07, 6.45) is 9.96. The molecule has 4 aliphatic rings. The Hall–Kier alpha value is -4.34. The Bertz CT molecular complexity index is 1690. The van der Waals surface area contributed by atoms with Crippen molar-refractivity contribution in [3.63, 3.8) is 0 Å². The van der Waals surface area contributed by atoms with Gasteiger partial charge in [0.25, 0.3) is 5.91 Å². The summed E-state index contributed by atoms with van der Waals surface area (Å²) in [4.78, 5) is 30.1. The third-order valence-electron chi connectivity index (χ3n) is 9.74. The number of phenolic OH excluding ortho intramolecular Hbond substituents is 1. The number of nitriles is 1. The molecule has 1 amide bonds. The van der Waals surface area contributed by atoms with Crippen molar-refractivity contribution in [1.29, 1.82) is 5.26 Å². The quantitative estimate of drug-likeness (QED) is 0.418. The summed E-state index contributed by atoms with van der Waals surface area (Å²) in [7, 11) is 4.16. The summed E-state index contributed by atoms with van der Waals surface area (Å²) in [6.45, 7) is 3.80. The fraction of sp³-hybridized carbons (Fsp3) is 0.471. The highest BCUT2D eigenvalue weighted by molar-refractivity contribution is 6.09. The fourth-order valence-electron chi connectivity index (χ4n) is 7.33. The predicted molar refractivity (Wildman–Crippen MR) is 162 cm³/mol. The first-order chi connectivity index (χ1) is 20.8. The van der Waals surface area contributed by atoms with Crippen LogP contribution in [-0.2, 0) is 13.1 Å². The lowest BCUT2D eigenvalue weighted by molar-refractivity contribution is 0.0752. The maximum Gasteiger partial charge on any atom is 0.318 e. The summed E-state index contributed by atoms with van der Waals surface area (Å²) >= 11 is 0. The molecule has 9 heteroatoms. The molecule has 1 N–H and O–H groups in total. The number of anilines is 1. The zero-order chi connectivity index (χ0) is 29.9. The van der Waals surface area contributed by atoms with E-state index >= 15 is 0 Å². The van der Waals surface area contributed by atoms with Crippen LogP contribution in [0.4, 0.5) is 5.82 Å². The Labute approximate surface area is 252 Å². The normalized spacial score (nSPS) is 23.2. The molecule has 0 bridgehead atoms. The van der Waals surface area contributed by atoms with Crippen LogP contribution in [0.1, 0.15) is 52.9 Å². The Kier molecular flexibility index (Phi) is 6.67. The summed E-state index contributed by atoms with van der Waals surface area (Å²) in [6, 6.07) is 11.5. The zero-order valence-corrected chi connectivity index (χ0v) is 24.7. The summed E-state index contributed by atoms with van der Waals surface area (Å²) in [5.41, 5.74) is 2.84. The Morgan fingerprint density at radius 3 is 2.63 bits per heavy atom. The van der Waals surface area contributed by atoms with Crippen LogP contribution in [-0.4, -0.2) is 71.1 Å². The van der Waals surface area contributed by atoms with E-state index in [2.05, 4.69) is 35.9 Å². The van der Waals surface area contributed by atoms with E-state index in [4.69, 9.17) is 21.1 Å². The number of aromatic nitrogens is 2. The van der Waals surface area contributed by atoms with E-state index in [0.29, 0.717) is 54.1 Å². The van der Waals surface area contributed by atoms with E-state index in [0.717, 1.165) is 67.8 Å². The van der Waals surface area contributed by atoms with Gasteiger partial charge in [0.05, 0.1) is 42.9 Å². The molecule has 3 atom stereocenters. The number of fused-ring (bicyclic) bond motifs is 3. The van der Waals surface area contributed by atoms with Gasteiger partial charge in [0.1, 0.15) is 11.6 Å². The molecule has 3 aromatic rings. The standard InChI is InChI=1S/C34H36N6O3/c1-4-21-6-5-7-22-14-23(41)15-26(30(21)22)32(42)40-17-28-29(18-40)36-33(43-20-34(10-11-34)19-38(2)3)37-31(28)39-12-8-24-25(9-13-39)27(24)16-35/h1,5-7,14-15,24-25,27,41H,8-13,17-20H2,2-3H3/t24-,25+,27?. The van der Waals surface area contributed by atoms with Gasteiger partial charge in [-0.1, -0.05) is 18.1 Å². The smallest absolute Gasteiger partial charge is 0.318 e. The molecule has 43 heavy (non-hydrogen) atoms. The molecule has 2 aliphatic heterocycles. The van der Waals surface area contributed by atoms with Crippen LogP contribution >= 0.6 is 0 Å². The number of benzene rings is 2. The van der Waals surface area contributed by atoms with E-state index in [1.165, 1.54) is 6.07 Å². The molecule has 7 rings (SSSR count). The third kappa shape index (κ3) is 5.02. The molecule has 1 saturated heterocycles. The highest BCUT2D eigenvalue weighted by Crippen LogP contribution is 2.52. The summed E-state index contributed by atoms with van der Waals surface area (Å²) < 4.78 is 6.29. The molecule has 2 aliphatic carbocycles. The van der Waals surface area contributed by atoms with Crippen LogP contribution in [0.3, 0.4) is 0 Å². The van der Waals surface area contributed by atoms with Crippen molar-refractivity contribution in [3.8, 4) is 30.2 Å². The number of carbonyl (C=O) groups is 1. The molecule has 1 aromatic heterocycles. The van der Waals surface area contributed by atoms with Crippen LogP contribution < -0.4 is 9.64 Å². The van der Waals surface area contributed by atoms with Crippen molar-refractivity contribution in [2.75, 3.05) is 45.2 Å². The SMILES string of the molecule is C#Cc1cccc2cc(O)cc(C(=O)N3Cc4nc(OCC5(CN(C)C)CC5)nc(N5CC[C@@H]6C(C#N)[C@@H]6CC5)c4C3)c12. The first kappa shape index (κ1) is 27.5. The van der Waals surface area contributed by atoms with Crippen LogP contribution in [0, 0.1) is 46.8 Å². The topological polar surface area (TPSA) is 106 Å². The number of hydrogen-bond acceptors (Lipinski definition) is 8. The summed E-state index contributed by atoms with van der Waals surface area (Å²) in [5.74, 6) is 4.43. The van der Waals surface area contributed by atoms with Gasteiger partial charge in [-0.25, -0.2) is 0 Å². The minimum atomic E-state index is -0.216. The molecule has 0 radical (unpaired) electrons. The number of rotatable bonds is 7. The van der Waals surface area contributed by atoms with Crippen molar-refractivity contribution in [1.82, 2.24) is 19.8 Å². The first-order valence-corrected chi connectivity index (χ1v) is 15.1. The zero-order valence-electron chi connectivity index (χ0n) is 24.7. The second kappa shape index (κ2) is 10.4. The number of nitrogens with zero attached hydrogens (tertiary/aromatic N) is 6. The lowest BCUT2D eigenvalue weighted by Gasteiger charge is -2.25. The maximum atomic E-state index is 14.1.